The molecular formula is C28H29N3O5. The number of hydrogen-bond donors (Lipinski definition) is 2. The first kappa shape index (κ1) is 24.7. The largest absolute Gasteiger partial charge is 0.495 e. The van der Waals surface area contributed by atoms with Gasteiger partial charge in [0.15, 0.2) is 18.1 Å². The van der Waals surface area contributed by atoms with Crippen LogP contribution in [-0.2, 0) is 11.3 Å². The quantitative estimate of drug-likeness (QED) is 0.304. The lowest BCUT2D eigenvalue weighted by Gasteiger charge is -2.13. The molecule has 0 aliphatic heterocycles. The lowest BCUT2D eigenvalue weighted by molar-refractivity contribution is -0.118. The van der Waals surface area contributed by atoms with E-state index in [4.69, 9.17) is 14.2 Å². The van der Waals surface area contributed by atoms with Gasteiger partial charge in [0, 0.05) is 30.4 Å². The van der Waals surface area contributed by atoms with E-state index in [0.29, 0.717) is 35.0 Å². The van der Waals surface area contributed by atoms with Gasteiger partial charge in [0.2, 0.25) is 0 Å². The topological polar surface area (TPSA) is 90.8 Å². The zero-order valence-electron chi connectivity index (χ0n) is 20.3. The van der Waals surface area contributed by atoms with Crippen LogP contribution in [0, 0.1) is 0 Å². The minimum absolute atomic E-state index is 0.203. The smallest absolute Gasteiger partial charge is 0.262 e. The summed E-state index contributed by atoms with van der Waals surface area (Å²) in [6.07, 6.45) is 2.86. The van der Waals surface area contributed by atoms with E-state index >= 15 is 0 Å². The molecule has 0 bridgehead atoms. The number of methoxy groups -OCH3 is 2. The van der Waals surface area contributed by atoms with Crippen LogP contribution in [-0.4, -0.2) is 43.8 Å². The lowest BCUT2D eigenvalue weighted by atomic mass is 10.2. The first-order valence-corrected chi connectivity index (χ1v) is 11.6. The maximum Gasteiger partial charge on any atom is 0.262 e. The number of amides is 2. The van der Waals surface area contributed by atoms with Gasteiger partial charge < -0.3 is 29.4 Å². The molecule has 0 aliphatic carbocycles. The highest BCUT2D eigenvalue weighted by atomic mass is 16.5. The van der Waals surface area contributed by atoms with Crippen LogP contribution in [0.1, 0.15) is 16.8 Å². The highest BCUT2D eigenvalue weighted by molar-refractivity contribution is 5.95. The number of benzene rings is 3. The van der Waals surface area contributed by atoms with Crippen LogP contribution in [0.5, 0.6) is 17.2 Å². The molecule has 2 N–H and O–H groups in total. The Balaban J connectivity index is 1.28. The van der Waals surface area contributed by atoms with Crippen molar-refractivity contribution in [1.29, 1.82) is 0 Å². The summed E-state index contributed by atoms with van der Waals surface area (Å²) in [5.41, 5.74) is 2.18. The summed E-state index contributed by atoms with van der Waals surface area (Å²) in [6.45, 7) is 1.11. The van der Waals surface area contributed by atoms with Crippen LogP contribution in [0.3, 0.4) is 0 Å². The van der Waals surface area contributed by atoms with E-state index in [1.54, 1.807) is 36.4 Å². The Bertz CT molecular complexity index is 1350. The summed E-state index contributed by atoms with van der Waals surface area (Å²) >= 11 is 0. The first-order valence-electron chi connectivity index (χ1n) is 11.6. The fourth-order valence-corrected chi connectivity index (χ4v) is 3.89. The van der Waals surface area contributed by atoms with Crippen LogP contribution in [0.4, 0.5) is 5.69 Å². The van der Waals surface area contributed by atoms with Crippen LogP contribution >= 0.6 is 0 Å². The van der Waals surface area contributed by atoms with Crippen molar-refractivity contribution in [2.75, 3.05) is 32.7 Å². The normalized spacial score (nSPS) is 10.6. The van der Waals surface area contributed by atoms with Gasteiger partial charge in [-0.2, -0.15) is 0 Å². The summed E-state index contributed by atoms with van der Waals surface area (Å²) in [5.74, 6) is 0.737. The Labute approximate surface area is 209 Å². The summed E-state index contributed by atoms with van der Waals surface area (Å²) in [7, 11) is 3.02. The third-order valence-electron chi connectivity index (χ3n) is 5.71. The second-order valence-corrected chi connectivity index (χ2v) is 8.08. The molecule has 4 rings (SSSR count). The molecule has 1 heterocycles. The van der Waals surface area contributed by atoms with Crippen LogP contribution < -0.4 is 24.8 Å². The molecule has 0 unspecified atom stereocenters. The highest BCUT2D eigenvalue weighted by Gasteiger charge is 2.13. The minimum Gasteiger partial charge on any atom is -0.495 e. The zero-order chi connectivity index (χ0) is 25.3. The molecule has 2 amide bonds. The average Bonchev–Trinajstić information content (AvgIpc) is 3.33. The number of carbonyl (C=O) groups is 2. The van der Waals surface area contributed by atoms with Crippen molar-refractivity contribution in [3.05, 3.63) is 84.6 Å². The van der Waals surface area contributed by atoms with E-state index in [1.165, 1.54) is 25.1 Å². The van der Waals surface area contributed by atoms with Gasteiger partial charge in [0.25, 0.3) is 11.8 Å². The molecule has 0 saturated carbocycles. The fraction of sp³-hybridized carbons (Fsp3) is 0.214. The molecule has 0 fully saturated rings. The molecule has 8 nitrogen and oxygen atoms in total. The SMILES string of the molecule is COc1ccccc1NC(=O)COc1ccc(C(=O)NCCCn2ccc3ccccc32)cc1OC. The Morgan fingerprint density at radius 1 is 0.861 bits per heavy atom. The van der Waals surface area contributed by atoms with Crippen molar-refractivity contribution >= 4 is 28.4 Å². The lowest BCUT2D eigenvalue weighted by Crippen LogP contribution is -2.25. The van der Waals surface area contributed by atoms with Crippen LogP contribution in [0.25, 0.3) is 10.9 Å². The molecule has 0 saturated heterocycles. The van der Waals surface area contributed by atoms with Crippen LogP contribution in [0.2, 0.25) is 0 Å². The van der Waals surface area contributed by atoms with Crippen molar-refractivity contribution in [2.24, 2.45) is 0 Å². The maximum absolute atomic E-state index is 12.6. The number of fused-ring (bicyclic) bond motifs is 1. The predicted octanol–water partition coefficient (Wildman–Crippen LogP) is 4.50. The molecule has 8 heteroatoms. The standard InChI is InChI=1S/C28H29N3O5/c1-34-24-11-6-4-9-22(24)30-27(32)19-36-25-13-12-21(18-26(25)35-2)28(33)29-15-7-16-31-17-14-20-8-3-5-10-23(20)31/h3-6,8-14,17-18H,7,15-16,19H2,1-2H3,(H,29,33)(H,30,32). The number of aromatic nitrogens is 1. The molecular weight excluding hydrogens is 458 g/mol. The zero-order valence-corrected chi connectivity index (χ0v) is 20.3. The fourth-order valence-electron chi connectivity index (χ4n) is 3.89. The number of hydrogen-bond acceptors (Lipinski definition) is 5. The van der Waals surface area contributed by atoms with Crippen LogP contribution in [0.15, 0.2) is 79.0 Å². The third-order valence-corrected chi connectivity index (χ3v) is 5.71. The van der Waals surface area contributed by atoms with Gasteiger partial charge in [-0.05, 0) is 54.3 Å². The second-order valence-electron chi connectivity index (χ2n) is 8.08. The van der Waals surface area contributed by atoms with Crippen molar-refractivity contribution in [2.45, 2.75) is 13.0 Å². The van der Waals surface area contributed by atoms with Crippen molar-refractivity contribution in [3.63, 3.8) is 0 Å². The minimum atomic E-state index is -0.348. The summed E-state index contributed by atoms with van der Waals surface area (Å²) in [6, 6.07) is 22.3. The predicted molar refractivity (Wildman–Crippen MR) is 139 cm³/mol. The molecule has 4 aromatic rings. The molecule has 186 valence electrons. The molecule has 0 atom stereocenters. The molecule has 3 aromatic carbocycles. The van der Waals surface area contributed by atoms with Gasteiger partial charge in [-0.3, -0.25) is 9.59 Å². The number of para-hydroxylation sites is 3. The number of carbonyl (C=O) groups excluding carboxylic acids is 2. The molecule has 0 aliphatic rings. The van der Waals surface area contributed by atoms with Gasteiger partial charge in [-0.15, -0.1) is 0 Å². The maximum atomic E-state index is 12.6. The Morgan fingerprint density at radius 3 is 2.47 bits per heavy atom. The Kier molecular flexibility index (Phi) is 8.08. The summed E-state index contributed by atoms with van der Waals surface area (Å²) < 4.78 is 18.4. The van der Waals surface area contributed by atoms with E-state index in [-0.39, 0.29) is 18.4 Å². The van der Waals surface area contributed by atoms with Gasteiger partial charge in [0.05, 0.1) is 19.9 Å². The second kappa shape index (κ2) is 11.8. The monoisotopic (exact) mass is 487 g/mol. The van der Waals surface area contributed by atoms with Gasteiger partial charge in [-0.25, -0.2) is 0 Å². The highest BCUT2D eigenvalue weighted by Crippen LogP contribution is 2.28. The number of nitrogens with one attached hydrogen (secondary N) is 2. The molecule has 1 aromatic heterocycles. The van der Waals surface area contributed by atoms with E-state index in [2.05, 4.69) is 39.6 Å². The summed E-state index contributed by atoms with van der Waals surface area (Å²) in [4.78, 5) is 25.0. The average molecular weight is 488 g/mol. The van der Waals surface area contributed by atoms with Gasteiger partial charge in [0.1, 0.15) is 5.75 Å². The number of ether oxygens (including phenoxy) is 3. The first-order chi connectivity index (χ1) is 17.6. The number of nitrogens with zero attached hydrogens (tertiary/aromatic N) is 1. The van der Waals surface area contributed by atoms with Gasteiger partial charge >= 0.3 is 0 Å². The van der Waals surface area contributed by atoms with E-state index in [0.717, 1.165) is 13.0 Å². The molecule has 0 spiro atoms. The Morgan fingerprint density at radius 2 is 1.64 bits per heavy atom. The van der Waals surface area contributed by atoms with Crippen molar-refractivity contribution in [3.8, 4) is 17.2 Å². The Hall–Kier alpha value is -4.46. The van der Waals surface area contributed by atoms with Crippen molar-refractivity contribution in [1.82, 2.24) is 9.88 Å². The third kappa shape index (κ3) is 5.96. The van der Waals surface area contributed by atoms with Gasteiger partial charge in [-0.1, -0.05) is 30.3 Å². The summed E-state index contributed by atoms with van der Waals surface area (Å²) in [5, 5.41) is 6.90. The number of aryl methyl sites for hydroxylation is 1. The van der Waals surface area contributed by atoms with Crippen molar-refractivity contribution < 1.29 is 23.8 Å². The molecule has 0 radical (unpaired) electrons. The van der Waals surface area contributed by atoms with E-state index in [9.17, 15) is 9.59 Å². The number of rotatable bonds is 11. The number of anilines is 1. The van der Waals surface area contributed by atoms with E-state index < -0.39 is 0 Å². The molecule has 36 heavy (non-hydrogen) atoms. The van der Waals surface area contributed by atoms with E-state index in [1.807, 2.05) is 18.2 Å².